The number of aromatic nitrogens is 2. The van der Waals surface area contributed by atoms with Crippen LogP contribution in [0.2, 0.25) is 0 Å². The number of amides is 1. The lowest BCUT2D eigenvalue weighted by atomic mass is 10.0. The Bertz CT molecular complexity index is 1130. The average molecular weight is 381 g/mol. The largest absolute Gasteiger partial charge is 0.480 e. The molecule has 2 atom stereocenters. The summed E-state index contributed by atoms with van der Waals surface area (Å²) in [6.45, 7) is 1.31. The molecule has 1 aromatic heterocycles. The van der Waals surface area contributed by atoms with Gasteiger partial charge in [0.05, 0.1) is 10.9 Å². The third-order valence-corrected chi connectivity index (χ3v) is 4.45. The van der Waals surface area contributed by atoms with Gasteiger partial charge in [-0.25, -0.2) is 9.36 Å². The lowest BCUT2D eigenvalue weighted by Crippen LogP contribution is -2.48. The minimum absolute atomic E-state index is 0.0559. The molecule has 3 rings (SSSR count). The first-order valence-corrected chi connectivity index (χ1v) is 8.69. The van der Waals surface area contributed by atoms with E-state index in [0.29, 0.717) is 5.52 Å². The van der Waals surface area contributed by atoms with Gasteiger partial charge in [0.15, 0.2) is 0 Å². The van der Waals surface area contributed by atoms with Crippen molar-refractivity contribution in [3.05, 3.63) is 81.0 Å². The molecule has 0 radical (unpaired) electrons. The van der Waals surface area contributed by atoms with E-state index < -0.39 is 35.2 Å². The Hall–Kier alpha value is -3.68. The minimum atomic E-state index is -1.22. The van der Waals surface area contributed by atoms with Crippen molar-refractivity contribution in [2.24, 2.45) is 0 Å². The number of para-hydroxylation sites is 1. The molecule has 0 aliphatic carbocycles. The molecule has 0 bridgehead atoms. The lowest BCUT2D eigenvalue weighted by molar-refractivity contribution is -0.141. The molecule has 144 valence electrons. The van der Waals surface area contributed by atoms with Crippen LogP contribution in [0.5, 0.6) is 0 Å². The molecule has 0 unspecified atom stereocenters. The molecule has 2 aromatic carbocycles. The highest BCUT2D eigenvalue weighted by atomic mass is 16.4. The van der Waals surface area contributed by atoms with Crippen LogP contribution in [0, 0.1) is 0 Å². The first-order chi connectivity index (χ1) is 13.4. The van der Waals surface area contributed by atoms with E-state index in [-0.39, 0.29) is 11.8 Å². The summed E-state index contributed by atoms with van der Waals surface area (Å²) in [7, 11) is 0. The first-order valence-electron chi connectivity index (χ1n) is 8.69. The van der Waals surface area contributed by atoms with Crippen molar-refractivity contribution in [3.8, 4) is 0 Å². The highest BCUT2D eigenvalue weighted by Crippen LogP contribution is 2.14. The lowest BCUT2D eigenvalue weighted by Gasteiger charge is -2.20. The van der Waals surface area contributed by atoms with Gasteiger partial charge >= 0.3 is 11.7 Å². The maximum atomic E-state index is 13.0. The second-order valence-electron chi connectivity index (χ2n) is 6.42. The van der Waals surface area contributed by atoms with Crippen molar-refractivity contribution in [1.82, 2.24) is 14.9 Å². The average Bonchev–Trinajstić information content (AvgIpc) is 2.67. The van der Waals surface area contributed by atoms with E-state index in [9.17, 15) is 19.2 Å². The zero-order chi connectivity index (χ0) is 20.3. The van der Waals surface area contributed by atoms with Crippen molar-refractivity contribution in [3.63, 3.8) is 0 Å². The summed E-state index contributed by atoms with van der Waals surface area (Å²) < 4.78 is 0.846. The molecule has 1 amide bonds. The van der Waals surface area contributed by atoms with Crippen LogP contribution in [0.15, 0.2) is 64.2 Å². The fourth-order valence-electron chi connectivity index (χ4n) is 2.97. The van der Waals surface area contributed by atoms with E-state index in [2.05, 4.69) is 10.3 Å². The Balaban J connectivity index is 2.12. The number of H-pyrrole nitrogens is 1. The SMILES string of the molecule is C[C@H](NC(=O)[C@@H](Cc1ccccc1)n1c(=O)[nH]c2ccccc2c1=O)C(=O)O. The van der Waals surface area contributed by atoms with Crippen LogP contribution in [0.4, 0.5) is 0 Å². The van der Waals surface area contributed by atoms with Gasteiger partial charge in [0.25, 0.3) is 5.56 Å². The number of hydrogen-bond acceptors (Lipinski definition) is 4. The second-order valence-corrected chi connectivity index (χ2v) is 6.42. The zero-order valence-electron chi connectivity index (χ0n) is 15.1. The van der Waals surface area contributed by atoms with Crippen molar-refractivity contribution in [2.45, 2.75) is 25.4 Å². The van der Waals surface area contributed by atoms with Crippen LogP contribution in [0.25, 0.3) is 10.9 Å². The summed E-state index contributed by atoms with van der Waals surface area (Å²) in [5.74, 6) is -1.94. The van der Waals surface area contributed by atoms with Gasteiger partial charge in [-0.05, 0) is 24.6 Å². The quantitative estimate of drug-likeness (QED) is 0.590. The van der Waals surface area contributed by atoms with Crippen LogP contribution >= 0.6 is 0 Å². The molecular weight excluding hydrogens is 362 g/mol. The van der Waals surface area contributed by atoms with Gasteiger partial charge in [-0.15, -0.1) is 0 Å². The van der Waals surface area contributed by atoms with Crippen LogP contribution in [-0.4, -0.2) is 32.6 Å². The maximum absolute atomic E-state index is 13.0. The maximum Gasteiger partial charge on any atom is 0.329 e. The Morgan fingerprint density at radius 3 is 2.39 bits per heavy atom. The number of aliphatic carboxylic acids is 1. The van der Waals surface area contributed by atoms with Gasteiger partial charge in [0.1, 0.15) is 12.1 Å². The number of fused-ring (bicyclic) bond motifs is 1. The summed E-state index contributed by atoms with van der Waals surface area (Å²) in [6.07, 6.45) is 0.0559. The molecule has 0 aliphatic heterocycles. The number of carboxylic acids is 1. The van der Waals surface area contributed by atoms with Crippen LogP contribution < -0.4 is 16.6 Å². The number of nitrogens with zero attached hydrogens (tertiary/aromatic N) is 1. The normalized spacial score (nSPS) is 13.0. The van der Waals surface area contributed by atoms with E-state index in [1.54, 1.807) is 54.6 Å². The molecule has 0 saturated carbocycles. The topological polar surface area (TPSA) is 121 Å². The standard InChI is InChI=1S/C20H19N3O5/c1-12(19(26)27)21-17(24)16(11-13-7-3-2-4-8-13)23-18(25)14-9-5-6-10-15(14)22-20(23)28/h2-10,12,16H,11H2,1H3,(H,21,24)(H,22,28)(H,26,27)/t12-,16+/m0/s1. The van der Waals surface area contributed by atoms with E-state index in [4.69, 9.17) is 5.11 Å². The number of rotatable bonds is 6. The Kier molecular flexibility index (Phi) is 5.39. The monoisotopic (exact) mass is 381 g/mol. The zero-order valence-corrected chi connectivity index (χ0v) is 15.1. The first kappa shape index (κ1) is 19.1. The molecule has 0 aliphatic rings. The fraction of sp³-hybridized carbons (Fsp3) is 0.200. The molecule has 1 heterocycles. The second kappa shape index (κ2) is 7.91. The molecule has 0 saturated heterocycles. The molecule has 0 fully saturated rings. The minimum Gasteiger partial charge on any atom is -0.480 e. The van der Waals surface area contributed by atoms with Crippen molar-refractivity contribution in [2.75, 3.05) is 0 Å². The van der Waals surface area contributed by atoms with Gasteiger partial charge in [-0.2, -0.15) is 0 Å². The van der Waals surface area contributed by atoms with Crippen LogP contribution in [0.3, 0.4) is 0 Å². The number of benzene rings is 2. The van der Waals surface area contributed by atoms with E-state index in [1.807, 2.05) is 0 Å². The summed E-state index contributed by atoms with van der Waals surface area (Å²) in [5.41, 5.74) is -0.252. The predicted molar refractivity (Wildman–Crippen MR) is 103 cm³/mol. The molecule has 0 spiro atoms. The molecule has 8 nitrogen and oxygen atoms in total. The number of carbonyl (C=O) groups excluding carboxylic acids is 1. The van der Waals surface area contributed by atoms with E-state index in [0.717, 1.165) is 10.1 Å². The molecular formula is C20H19N3O5. The van der Waals surface area contributed by atoms with Crippen molar-refractivity contribution in [1.29, 1.82) is 0 Å². The van der Waals surface area contributed by atoms with E-state index >= 15 is 0 Å². The van der Waals surface area contributed by atoms with Crippen molar-refractivity contribution >= 4 is 22.8 Å². The van der Waals surface area contributed by atoms with Crippen LogP contribution in [0.1, 0.15) is 18.5 Å². The number of carbonyl (C=O) groups is 2. The summed E-state index contributed by atoms with van der Waals surface area (Å²) in [6, 6.07) is 13.0. The number of nitrogens with one attached hydrogen (secondary N) is 2. The Morgan fingerprint density at radius 1 is 1.07 bits per heavy atom. The van der Waals surface area contributed by atoms with Crippen LogP contribution in [-0.2, 0) is 16.0 Å². The van der Waals surface area contributed by atoms with Gasteiger partial charge in [0, 0.05) is 6.42 Å². The van der Waals surface area contributed by atoms with Gasteiger partial charge in [0.2, 0.25) is 5.91 Å². The van der Waals surface area contributed by atoms with E-state index in [1.165, 1.54) is 6.92 Å². The molecule has 3 aromatic rings. The van der Waals surface area contributed by atoms with Crippen molar-refractivity contribution < 1.29 is 14.7 Å². The smallest absolute Gasteiger partial charge is 0.329 e. The summed E-state index contributed by atoms with van der Waals surface area (Å²) in [4.78, 5) is 52.1. The number of aromatic amines is 1. The third kappa shape index (κ3) is 3.85. The predicted octanol–water partition coefficient (Wildman–Crippen LogP) is 1.06. The number of hydrogen-bond donors (Lipinski definition) is 3. The van der Waals surface area contributed by atoms with Gasteiger partial charge in [-0.1, -0.05) is 42.5 Å². The molecule has 3 N–H and O–H groups in total. The summed E-state index contributed by atoms with van der Waals surface area (Å²) in [5, 5.41) is 11.7. The number of carboxylic acid groups (broad SMARTS) is 1. The Morgan fingerprint density at radius 2 is 1.71 bits per heavy atom. The fourth-order valence-corrected chi connectivity index (χ4v) is 2.97. The van der Waals surface area contributed by atoms with Gasteiger partial charge in [-0.3, -0.25) is 14.4 Å². The molecule has 28 heavy (non-hydrogen) atoms. The Labute approximate surface area is 159 Å². The highest BCUT2D eigenvalue weighted by molar-refractivity contribution is 5.86. The van der Waals surface area contributed by atoms with Gasteiger partial charge < -0.3 is 15.4 Å². The molecule has 8 heteroatoms. The highest BCUT2D eigenvalue weighted by Gasteiger charge is 2.27. The summed E-state index contributed by atoms with van der Waals surface area (Å²) >= 11 is 0. The third-order valence-electron chi connectivity index (χ3n) is 4.45.